The Labute approximate surface area is 258 Å². The molecule has 1 saturated heterocycles. The van der Waals surface area contributed by atoms with E-state index < -0.39 is 6.10 Å². The van der Waals surface area contributed by atoms with Crippen molar-refractivity contribution in [3.8, 4) is 0 Å². The van der Waals surface area contributed by atoms with E-state index >= 15 is 0 Å². The van der Waals surface area contributed by atoms with Gasteiger partial charge in [0.2, 0.25) is 11.7 Å². The minimum atomic E-state index is -0.493. The number of carbonyl (C=O) groups excluding carboxylic acids is 3. The van der Waals surface area contributed by atoms with Gasteiger partial charge in [0.25, 0.3) is 0 Å². The van der Waals surface area contributed by atoms with Gasteiger partial charge in [0.1, 0.15) is 36.9 Å². The van der Waals surface area contributed by atoms with Crippen molar-refractivity contribution in [3.63, 3.8) is 0 Å². The minimum absolute atomic E-state index is 0.0472. The van der Waals surface area contributed by atoms with Crippen LogP contribution >= 0.6 is 0 Å². The molecule has 11 heteroatoms. The van der Waals surface area contributed by atoms with E-state index in [-0.39, 0.29) is 30.0 Å². The molecule has 2 unspecified atom stereocenters. The summed E-state index contributed by atoms with van der Waals surface area (Å²) in [6.45, 7) is 12.0. The van der Waals surface area contributed by atoms with Crippen molar-refractivity contribution >= 4 is 23.3 Å². The number of amides is 1. The topological polar surface area (TPSA) is 104 Å². The Morgan fingerprint density at radius 2 is 1.21 bits per heavy atom. The van der Waals surface area contributed by atoms with Gasteiger partial charge < -0.3 is 33.8 Å². The second-order valence-electron chi connectivity index (χ2n) is 13.8. The number of ketones is 2. The van der Waals surface area contributed by atoms with Crippen molar-refractivity contribution in [2.45, 2.75) is 65.6 Å². The fraction of sp³-hybridized carbons (Fsp3) is 0.871. The third kappa shape index (κ3) is 31.0. The Morgan fingerprint density at radius 3 is 1.48 bits per heavy atom. The van der Waals surface area contributed by atoms with Crippen molar-refractivity contribution in [2.75, 3.05) is 117 Å². The first kappa shape index (κ1) is 44.5. The number of aliphatic hydroxyl groups is 2. The highest BCUT2D eigenvalue weighted by Gasteiger charge is 2.19. The molecule has 1 aliphatic heterocycles. The first-order valence-electron chi connectivity index (χ1n) is 15.0. The average molecular weight is 606 g/mol. The highest BCUT2D eigenvalue weighted by atomic mass is 16.3. The second kappa shape index (κ2) is 22.6. The summed E-state index contributed by atoms with van der Waals surface area (Å²) in [5, 5.41) is 18.5. The lowest BCUT2D eigenvalue weighted by molar-refractivity contribution is -0.873. The number of carbonyl (C=O) groups is 3. The van der Waals surface area contributed by atoms with Gasteiger partial charge >= 0.3 is 0 Å². The molecule has 0 aromatic carbocycles. The summed E-state index contributed by atoms with van der Waals surface area (Å²) in [6.07, 6.45) is 1.26. The third-order valence-electron chi connectivity index (χ3n) is 6.35. The van der Waals surface area contributed by atoms with Crippen LogP contribution in [0.15, 0.2) is 0 Å². The van der Waals surface area contributed by atoms with Crippen LogP contribution in [0.25, 0.3) is 0 Å². The van der Waals surface area contributed by atoms with Crippen molar-refractivity contribution in [1.29, 1.82) is 0 Å². The lowest BCUT2D eigenvalue weighted by atomic mass is 10.2. The second-order valence-corrected chi connectivity index (χ2v) is 13.8. The molecule has 0 aliphatic carbocycles. The summed E-state index contributed by atoms with van der Waals surface area (Å²) in [5.74, 6) is 1.52. The Hall–Kier alpha value is -1.92. The zero-order valence-corrected chi connectivity index (χ0v) is 30.0. The van der Waals surface area contributed by atoms with Gasteiger partial charge in [-0.15, -0.1) is 0 Å². The molecule has 0 aromatic rings. The normalized spacial score (nSPS) is 14.9. The van der Waals surface area contributed by atoms with E-state index in [1.165, 1.54) is 19.7 Å². The number of rotatable bonds is 10. The van der Waals surface area contributed by atoms with Crippen LogP contribution in [0.4, 0.5) is 0 Å². The van der Waals surface area contributed by atoms with Gasteiger partial charge in [-0.3, -0.25) is 19.1 Å². The Morgan fingerprint density at radius 1 is 0.786 bits per heavy atom. The van der Waals surface area contributed by atoms with Crippen LogP contribution < -0.4 is 0 Å². The van der Waals surface area contributed by atoms with Gasteiger partial charge in [-0.05, 0) is 27.3 Å². The predicted octanol–water partition coefficient (Wildman–Crippen LogP) is 0.864. The van der Waals surface area contributed by atoms with Gasteiger partial charge in [-0.2, -0.15) is 0 Å². The number of amidine groups is 1. The van der Waals surface area contributed by atoms with Gasteiger partial charge in [0.05, 0.1) is 70.5 Å². The monoisotopic (exact) mass is 606 g/mol. The maximum Gasteiger partial charge on any atom is 0.242 e. The summed E-state index contributed by atoms with van der Waals surface area (Å²) in [4.78, 5) is 39.0. The standard InChI is InChI=1S/C10H18N2O2.C8H18NO2.C7H18NO.C6H15N2/c1-9(13)3-4-10(14)12-7-5-11(2)6-8-12;1-7(10)5-8(11)6-9(2,3)4;1-5-7(9)6-8(2,3)4;1-6(7(2)3)8(4)5/h3-8H2,1-2H3;8,11H,5-6H2,1-4H3;7,9H,5-6H2,1-4H3;1-5H3/q;3*+1. The van der Waals surface area contributed by atoms with Crippen molar-refractivity contribution in [2.24, 2.45) is 0 Å². The van der Waals surface area contributed by atoms with Crippen LogP contribution in [0.2, 0.25) is 0 Å². The molecule has 1 rings (SSSR count). The molecular formula is C31H69N6O5+3. The molecule has 0 saturated carbocycles. The summed E-state index contributed by atoms with van der Waals surface area (Å²) < 4.78 is 3.61. The van der Waals surface area contributed by atoms with E-state index in [0.29, 0.717) is 23.9 Å². The largest absolute Gasteiger partial charge is 0.387 e. The van der Waals surface area contributed by atoms with Crippen molar-refractivity contribution < 1.29 is 38.1 Å². The molecule has 42 heavy (non-hydrogen) atoms. The minimum Gasteiger partial charge on any atom is -0.387 e. The van der Waals surface area contributed by atoms with Crippen LogP contribution in [0.1, 0.15) is 53.4 Å². The number of piperazine rings is 1. The van der Waals surface area contributed by atoms with Crippen LogP contribution in [-0.4, -0.2) is 191 Å². The molecule has 1 amide bonds. The van der Waals surface area contributed by atoms with E-state index in [4.69, 9.17) is 0 Å². The Kier molecular flexibility index (Phi) is 24.0. The number of quaternary nitrogens is 2. The number of Topliss-reactive ketones (excluding diaryl/α,β-unsaturated/α-hetero) is 2. The first-order chi connectivity index (χ1) is 18.9. The number of nitrogens with zero attached hydrogens (tertiary/aromatic N) is 6. The van der Waals surface area contributed by atoms with Crippen LogP contribution in [0.3, 0.4) is 0 Å². The molecule has 0 radical (unpaired) electrons. The number of hydrogen-bond donors (Lipinski definition) is 2. The molecule has 250 valence electrons. The highest BCUT2D eigenvalue weighted by Crippen LogP contribution is 2.04. The lowest BCUT2D eigenvalue weighted by Crippen LogP contribution is -2.47. The Balaban J connectivity index is -0.000000496. The van der Waals surface area contributed by atoms with E-state index in [0.717, 1.165) is 43.6 Å². The fourth-order valence-electron chi connectivity index (χ4n) is 3.69. The average Bonchev–Trinajstić information content (AvgIpc) is 2.80. The number of likely N-dealkylation sites (N-methyl/N-ethyl adjacent to an activating group) is 3. The molecule has 1 aliphatic rings. The molecule has 2 N–H and O–H groups in total. The number of hydrogen-bond acceptors (Lipinski definition) is 6. The summed E-state index contributed by atoms with van der Waals surface area (Å²) in [5.41, 5.74) is 0. The zero-order valence-electron chi connectivity index (χ0n) is 30.0. The van der Waals surface area contributed by atoms with E-state index in [2.05, 4.69) is 49.5 Å². The van der Waals surface area contributed by atoms with Crippen LogP contribution in [0.5, 0.6) is 0 Å². The van der Waals surface area contributed by atoms with E-state index in [9.17, 15) is 24.6 Å². The molecule has 11 nitrogen and oxygen atoms in total. The summed E-state index contributed by atoms with van der Waals surface area (Å²) in [7, 11) is 22.4. The van der Waals surface area contributed by atoms with Gasteiger partial charge in [0.15, 0.2) is 0 Å². The molecule has 1 heterocycles. The zero-order chi connectivity index (χ0) is 33.8. The smallest absolute Gasteiger partial charge is 0.242 e. The van der Waals surface area contributed by atoms with E-state index in [1.807, 2.05) is 61.2 Å². The summed E-state index contributed by atoms with van der Waals surface area (Å²) >= 11 is 0. The van der Waals surface area contributed by atoms with Crippen LogP contribution in [0, 0.1) is 0 Å². The fourth-order valence-corrected chi connectivity index (χ4v) is 3.69. The van der Waals surface area contributed by atoms with E-state index in [1.54, 1.807) is 0 Å². The highest BCUT2D eigenvalue weighted by molar-refractivity contribution is 5.83. The van der Waals surface area contributed by atoms with Crippen LogP contribution in [-0.2, 0) is 14.4 Å². The molecular weight excluding hydrogens is 536 g/mol. The lowest BCUT2D eigenvalue weighted by Gasteiger charge is -2.32. The maximum atomic E-state index is 11.6. The molecule has 0 aromatic heterocycles. The first-order valence-corrected chi connectivity index (χ1v) is 15.0. The molecule has 0 bridgehead atoms. The third-order valence-corrected chi connectivity index (χ3v) is 6.35. The Bertz CT molecular complexity index is 791. The number of aliphatic hydroxyl groups excluding tert-OH is 2. The molecule has 1 fully saturated rings. The van der Waals surface area contributed by atoms with Gasteiger partial charge in [0, 0.05) is 52.4 Å². The maximum absolute atomic E-state index is 11.6. The summed E-state index contributed by atoms with van der Waals surface area (Å²) in [6, 6.07) is 0. The quantitative estimate of drug-likeness (QED) is 0.165. The predicted molar refractivity (Wildman–Crippen MR) is 174 cm³/mol. The van der Waals surface area contributed by atoms with Gasteiger partial charge in [-0.25, -0.2) is 0 Å². The molecule has 0 spiro atoms. The SMILES string of the molecule is CC(=O)CC(O)C[N+](C)(C)C.CC(=O)CCC(=O)N1CCN(C)CC1.CC(N(C)C)=[N+](C)C.CCC(O)C[N+](C)(C)C. The molecule has 2 atom stereocenters. The van der Waals surface area contributed by atoms with Gasteiger partial charge in [-0.1, -0.05) is 6.92 Å². The van der Waals surface area contributed by atoms with Crippen molar-refractivity contribution in [3.05, 3.63) is 0 Å². The van der Waals surface area contributed by atoms with Crippen molar-refractivity contribution in [1.82, 2.24) is 14.7 Å².